The molecule has 5 nitrogen and oxygen atoms in total. The third-order valence-electron chi connectivity index (χ3n) is 5.46. The zero-order valence-electron chi connectivity index (χ0n) is 16.5. The van der Waals surface area contributed by atoms with E-state index in [1.165, 1.54) is 17.5 Å². The van der Waals surface area contributed by atoms with E-state index in [1.54, 1.807) is 15.9 Å². The van der Waals surface area contributed by atoms with Crippen LogP contribution >= 0.6 is 11.3 Å². The fourth-order valence-corrected chi connectivity index (χ4v) is 5.45. The first kappa shape index (κ1) is 18.4. The van der Waals surface area contributed by atoms with Crippen LogP contribution in [0.5, 0.6) is 5.88 Å². The van der Waals surface area contributed by atoms with E-state index in [1.807, 2.05) is 6.92 Å². The third-order valence-corrected chi connectivity index (χ3v) is 6.54. The first-order valence-corrected chi connectivity index (χ1v) is 10.7. The number of aryl methyl sites for hydroxylation is 2. The molecule has 0 bridgehead atoms. The molecule has 1 aliphatic heterocycles. The van der Waals surface area contributed by atoms with Crippen molar-refractivity contribution in [2.24, 2.45) is 11.8 Å². The van der Waals surface area contributed by atoms with E-state index in [2.05, 4.69) is 60.0 Å². The summed E-state index contributed by atoms with van der Waals surface area (Å²) in [5.74, 6) is 2.31. The van der Waals surface area contributed by atoms with Gasteiger partial charge in [-0.1, -0.05) is 61.9 Å². The van der Waals surface area contributed by atoms with Crippen molar-refractivity contribution in [2.75, 3.05) is 13.1 Å². The summed E-state index contributed by atoms with van der Waals surface area (Å²) in [5.41, 5.74) is 2.47. The first-order chi connectivity index (χ1) is 13.0. The van der Waals surface area contributed by atoms with Crippen molar-refractivity contribution in [1.82, 2.24) is 19.5 Å². The van der Waals surface area contributed by atoms with Crippen LogP contribution in [0.4, 0.5) is 0 Å². The Balaban J connectivity index is 1.81. The zero-order valence-corrected chi connectivity index (χ0v) is 17.3. The molecule has 0 unspecified atom stereocenters. The smallest absolute Gasteiger partial charge is 0.230 e. The highest BCUT2D eigenvalue weighted by atomic mass is 32.1. The van der Waals surface area contributed by atoms with Gasteiger partial charge < -0.3 is 5.11 Å². The normalized spacial score (nSPS) is 22.4. The summed E-state index contributed by atoms with van der Waals surface area (Å²) in [7, 11) is 0. The SMILES string of the molecule is CCc1nc2sc([C@@H](c3ccc(C)cc3)N3C[C@@H](C)C[C@H](C)C3)c(O)n2n1. The number of aromatic hydroxyl groups is 1. The highest BCUT2D eigenvalue weighted by molar-refractivity contribution is 7.17. The van der Waals surface area contributed by atoms with E-state index in [-0.39, 0.29) is 11.9 Å². The average molecular weight is 385 g/mol. The highest BCUT2D eigenvalue weighted by Gasteiger charge is 2.33. The minimum atomic E-state index is 0.0365. The molecule has 1 N–H and O–H groups in total. The van der Waals surface area contributed by atoms with Crippen molar-refractivity contribution in [3.8, 4) is 5.88 Å². The molecule has 4 rings (SSSR count). The van der Waals surface area contributed by atoms with Crippen molar-refractivity contribution in [3.05, 3.63) is 46.1 Å². The van der Waals surface area contributed by atoms with E-state index >= 15 is 0 Å². The number of benzene rings is 1. The van der Waals surface area contributed by atoms with Gasteiger partial charge in [-0.25, -0.2) is 4.98 Å². The Morgan fingerprint density at radius 1 is 1.19 bits per heavy atom. The molecule has 3 atom stereocenters. The maximum absolute atomic E-state index is 11.0. The zero-order chi connectivity index (χ0) is 19.1. The number of rotatable bonds is 4. The molecule has 0 aliphatic carbocycles. The molecule has 144 valence electrons. The molecule has 3 aromatic rings. The maximum atomic E-state index is 11.0. The van der Waals surface area contributed by atoms with E-state index in [0.717, 1.165) is 35.2 Å². The van der Waals surface area contributed by atoms with E-state index in [4.69, 9.17) is 0 Å². The molecular formula is C21H28N4OS. The van der Waals surface area contributed by atoms with Gasteiger partial charge in [-0.15, -0.1) is 5.10 Å². The Morgan fingerprint density at radius 3 is 2.44 bits per heavy atom. The van der Waals surface area contributed by atoms with Crippen molar-refractivity contribution in [1.29, 1.82) is 0 Å². The lowest BCUT2D eigenvalue weighted by Crippen LogP contribution is -2.41. The Kier molecular flexibility index (Phi) is 4.95. The summed E-state index contributed by atoms with van der Waals surface area (Å²) in [6.45, 7) is 10.9. The second-order valence-corrected chi connectivity index (χ2v) is 9.09. The van der Waals surface area contributed by atoms with Crippen LogP contribution in [-0.4, -0.2) is 37.7 Å². The quantitative estimate of drug-likeness (QED) is 0.723. The Hall–Kier alpha value is -1.92. The van der Waals surface area contributed by atoms with Crippen molar-refractivity contribution in [2.45, 2.75) is 46.6 Å². The van der Waals surface area contributed by atoms with Gasteiger partial charge in [-0.3, -0.25) is 4.90 Å². The molecule has 0 amide bonds. The Labute approximate surface area is 164 Å². The fourth-order valence-electron chi connectivity index (χ4n) is 4.32. The average Bonchev–Trinajstić information content (AvgIpc) is 3.16. The number of piperidine rings is 1. The molecular weight excluding hydrogens is 356 g/mol. The summed E-state index contributed by atoms with van der Waals surface area (Å²) in [6, 6.07) is 8.73. The van der Waals surface area contributed by atoms with Crippen LogP contribution in [0.2, 0.25) is 0 Å². The predicted octanol–water partition coefficient (Wildman–Crippen LogP) is 4.43. The fraction of sp³-hybridized carbons (Fsp3) is 0.524. The third kappa shape index (κ3) is 3.48. The molecule has 1 fully saturated rings. The standard InChI is InChI=1S/C21H28N4OS/c1-5-17-22-21-25(23-17)20(26)19(27-21)18(16-8-6-13(2)7-9-16)24-11-14(3)10-15(4)12-24/h6-9,14-15,18,26H,5,10-12H2,1-4H3/t14-,15-,18+/m0/s1. The lowest BCUT2D eigenvalue weighted by atomic mass is 9.89. The second-order valence-electron chi connectivity index (χ2n) is 8.08. The molecule has 0 saturated carbocycles. The molecule has 27 heavy (non-hydrogen) atoms. The van der Waals surface area contributed by atoms with Crippen LogP contribution in [0.25, 0.3) is 4.96 Å². The number of thiazole rings is 1. The van der Waals surface area contributed by atoms with Crippen molar-refractivity contribution in [3.63, 3.8) is 0 Å². The van der Waals surface area contributed by atoms with E-state index in [9.17, 15) is 5.11 Å². The van der Waals surface area contributed by atoms with Gasteiger partial charge in [0.15, 0.2) is 5.82 Å². The van der Waals surface area contributed by atoms with Gasteiger partial charge in [-0.05, 0) is 30.7 Å². The predicted molar refractivity (Wildman–Crippen MR) is 109 cm³/mol. The number of hydrogen-bond donors (Lipinski definition) is 1. The van der Waals surface area contributed by atoms with Crippen molar-refractivity contribution >= 4 is 16.3 Å². The van der Waals surface area contributed by atoms with Gasteiger partial charge in [0.1, 0.15) is 0 Å². The lowest BCUT2D eigenvalue weighted by molar-refractivity contribution is 0.112. The lowest BCUT2D eigenvalue weighted by Gasteiger charge is -2.40. The summed E-state index contributed by atoms with van der Waals surface area (Å²) >= 11 is 1.56. The summed E-state index contributed by atoms with van der Waals surface area (Å²) in [4.78, 5) is 8.81. The van der Waals surface area contributed by atoms with Crippen molar-refractivity contribution < 1.29 is 5.11 Å². The molecule has 1 saturated heterocycles. The number of fused-ring (bicyclic) bond motifs is 1. The minimum Gasteiger partial charge on any atom is -0.492 e. The summed E-state index contributed by atoms with van der Waals surface area (Å²) in [5, 5.41) is 15.5. The molecule has 0 spiro atoms. The molecule has 1 aliphatic rings. The van der Waals surface area contributed by atoms with Crippen LogP contribution in [0.15, 0.2) is 24.3 Å². The van der Waals surface area contributed by atoms with Gasteiger partial charge in [0.2, 0.25) is 10.8 Å². The van der Waals surface area contributed by atoms with Gasteiger partial charge in [0.25, 0.3) is 0 Å². The van der Waals surface area contributed by atoms with E-state index in [0.29, 0.717) is 11.8 Å². The number of nitrogens with zero attached hydrogens (tertiary/aromatic N) is 4. The molecule has 6 heteroatoms. The number of hydrogen-bond acceptors (Lipinski definition) is 5. The number of likely N-dealkylation sites (tertiary alicyclic amines) is 1. The maximum Gasteiger partial charge on any atom is 0.230 e. The van der Waals surface area contributed by atoms with E-state index < -0.39 is 0 Å². The largest absolute Gasteiger partial charge is 0.492 e. The molecule has 0 radical (unpaired) electrons. The Bertz CT molecular complexity index is 920. The highest BCUT2D eigenvalue weighted by Crippen LogP contribution is 2.42. The number of aromatic nitrogens is 3. The van der Waals surface area contributed by atoms with Gasteiger partial charge in [-0.2, -0.15) is 4.52 Å². The van der Waals surface area contributed by atoms with Crippen LogP contribution < -0.4 is 0 Å². The van der Waals surface area contributed by atoms with Crippen LogP contribution in [0, 0.1) is 18.8 Å². The minimum absolute atomic E-state index is 0.0365. The summed E-state index contributed by atoms with van der Waals surface area (Å²) in [6.07, 6.45) is 2.03. The van der Waals surface area contributed by atoms with Crippen LogP contribution in [0.1, 0.15) is 55.1 Å². The summed E-state index contributed by atoms with van der Waals surface area (Å²) < 4.78 is 1.61. The molecule has 3 heterocycles. The Morgan fingerprint density at radius 2 is 1.85 bits per heavy atom. The monoisotopic (exact) mass is 384 g/mol. The van der Waals surface area contributed by atoms with Gasteiger partial charge in [0.05, 0.1) is 10.9 Å². The first-order valence-electron chi connectivity index (χ1n) is 9.84. The van der Waals surface area contributed by atoms with Gasteiger partial charge >= 0.3 is 0 Å². The van der Waals surface area contributed by atoms with Crippen LogP contribution in [0.3, 0.4) is 0 Å². The van der Waals surface area contributed by atoms with Crippen LogP contribution in [-0.2, 0) is 6.42 Å². The molecule has 2 aromatic heterocycles. The topological polar surface area (TPSA) is 53.7 Å². The second kappa shape index (κ2) is 7.24. The van der Waals surface area contributed by atoms with Gasteiger partial charge in [0, 0.05) is 19.5 Å². The molecule has 1 aromatic carbocycles.